The van der Waals surface area contributed by atoms with Crippen molar-refractivity contribution in [1.29, 1.82) is 0 Å². The molecule has 0 aliphatic heterocycles. The highest BCUT2D eigenvalue weighted by atomic mass is 19.4. The molecule has 1 heterocycles. The van der Waals surface area contributed by atoms with Crippen molar-refractivity contribution in [3.05, 3.63) is 17.5 Å². The van der Waals surface area contributed by atoms with Gasteiger partial charge in [0.15, 0.2) is 0 Å². The van der Waals surface area contributed by atoms with Crippen molar-refractivity contribution < 1.29 is 18.0 Å². The molecule has 0 aliphatic rings. The fourth-order valence-electron chi connectivity index (χ4n) is 0.777. The second-order valence-electron chi connectivity index (χ2n) is 2.49. The number of nitrogens with one attached hydrogen (secondary N) is 2. The van der Waals surface area contributed by atoms with Crippen LogP contribution in [0.1, 0.15) is 11.4 Å². The van der Waals surface area contributed by atoms with Gasteiger partial charge in [-0.05, 0) is 6.07 Å². The molecule has 0 aliphatic carbocycles. The summed E-state index contributed by atoms with van der Waals surface area (Å²) in [5.41, 5.74) is 3.83. The predicted octanol–water partition coefficient (Wildman–Crippen LogP) is 0.597. The van der Waals surface area contributed by atoms with E-state index in [9.17, 15) is 18.0 Å². The standard InChI is InChI=1S/C6H7F3N4O/c7-6(8,9)4-1-3(12-13-4)2-11-5(10)14/h1H,2H2,(H,12,13)(H3,10,11,14). The number of urea groups is 1. The van der Waals surface area contributed by atoms with E-state index in [0.717, 1.165) is 6.07 Å². The molecule has 78 valence electrons. The average Bonchev–Trinajstić information content (AvgIpc) is 2.47. The summed E-state index contributed by atoms with van der Waals surface area (Å²) in [6.07, 6.45) is -4.46. The average molecular weight is 208 g/mol. The molecule has 0 unspecified atom stereocenters. The number of nitrogens with two attached hydrogens (primary N) is 1. The van der Waals surface area contributed by atoms with Crippen molar-refractivity contribution in [3.63, 3.8) is 0 Å². The van der Waals surface area contributed by atoms with Crippen LogP contribution in [0.4, 0.5) is 18.0 Å². The van der Waals surface area contributed by atoms with Gasteiger partial charge < -0.3 is 11.1 Å². The Labute approximate surface area is 76.5 Å². The number of carbonyl (C=O) groups excluding carboxylic acids is 1. The van der Waals surface area contributed by atoms with E-state index in [0.29, 0.717) is 0 Å². The molecule has 0 bridgehead atoms. The summed E-state index contributed by atoms with van der Waals surface area (Å²) in [7, 11) is 0. The van der Waals surface area contributed by atoms with Crippen LogP contribution in [0.15, 0.2) is 6.07 Å². The van der Waals surface area contributed by atoms with Crippen LogP contribution in [-0.4, -0.2) is 16.2 Å². The SMILES string of the molecule is NC(=O)NCc1cc(C(F)(F)F)[nH]n1. The molecular formula is C6H7F3N4O. The molecule has 4 N–H and O–H groups in total. The van der Waals surface area contributed by atoms with Crippen molar-refractivity contribution in [1.82, 2.24) is 15.5 Å². The first-order valence-electron chi connectivity index (χ1n) is 3.54. The van der Waals surface area contributed by atoms with Crippen LogP contribution in [0, 0.1) is 0 Å². The molecular weight excluding hydrogens is 201 g/mol. The van der Waals surface area contributed by atoms with Crippen molar-refractivity contribution in [2.75, 3.05) is 0 Å². The Balaban J connectivity index is 2.64. The molecule has 1 aromatic heterocycles. The largest absolute Gasteiger partial charge is 0.432 e. The summed E-state index contributed by atoms with van der Waals surface area (Å²) in [6.45, 7) is -0.137. The summed E-state index contributed by atoms with van der Waals surface area (Å²) >= 11 is 0. The number of H-pyrrole nitrogens is 1. The van der Waals surface area contributed by atoms with Gasteiger partial charge in [0.05, 0.1) is 12.2 Å². The molecule has 0 spiro atoms. The van der Waals surface area contributed by atoms with E-state index in [4.69, 9.17) is 5.73 Å². The molecule has 0 saturated carbocycles. The van der Waals surface area contributed by atoms with Gasteiger partial charge in [-0.1, -0.05) is 0 Å². The highest BCUT2D eigenvalue weighted by Crippen LogP contribution is 2.27. The molecule has 0 aromatic carbocycles. The number of aromatic nitrogens is 2. The highest BCUT2D eigenvalue weighted by Gasteiger charge is 2.32. The third-order valence-electron chi connectivity index (χ3n) is 1.38. The quantitative estimate of drug-likeness (QED) is 0.664. The lowest BCUT2D eigenvalue weighted by atomic mass is 10.3. The van der Waals surface area contributed by atoms with Gasteiger partial charge in [-0.15, -0.1) is 0 Å². The minimum absolute atomic E-state index is 0.0659. The van der Waals surface area contributed by atoms with Gasteiger partial charge in [0, 0.05) is 0 Å². The summed E-state index contributed by atoms with van der Waals surface area (Å²) in [4.78, 5) is 10.2. The fraction of sp³-hybridized carbons (Fsp3) is 0.333. The normalized spacial score (nSPS) is 11.4. The number of primary amides is 1. The Morgan fingerprint density at radius 2 is 2.29 bits per heavy atom. The smallest absolute Gasteiger partial charge is 0.352 e. The number of aromatic amines is 1. The van der Waals surface area contributed by atoms with Crippen molar-refractivity contribution in [2.24, 2.45) is 5.73 Å². The van der Waals surface area contributed by atoms with E-state index in [1.807, 2.05) is 0 Å². The zero-order valence-electron chi connectivity index (χ0n) is 6.85. The second kappa shape index (κ2) is 3.56. The maximum Gasteiger partial charge on any atom is 0.432 e. The second-order valence-corrected chi connectivity index (χ2v) is 2.49. The van der Waals surface area contributed by atoms with Gasteiger partial charge in [-0.25, -0.2) is 4.79 Å². The summed E-state index contributed by atoms with van der Waals surface area (Å²) in [6, 6.07) is -0.0165. The lowest BCUT2D eigenvalue weighted by Gasteiger charge is -1.99. The molecule has 2 amide bonds. The Kier molecular flexibility index (Phi) is 2.63. The third kappa shape index (κ3) is 2.64. The van der Waals surface area contributed by atoms with Crippen LogP contribution in [-0.2, 0) is 12.7 Å². The molecule has 5 nitrogen and oxygen atoms in total. The first-order chi connectivity index (χ1) is 6.39. The molecule has 8 heteroatoms. The topological polar surface area (TPSA) is 83.8 Å². The van der Waals surface area contributed by atoms with Gasteiger partial charge in [-0.3, -0.25) is 5.10 Å². The molecule has 14 heavy (non-hydrogen) atoms. The van der Waals surface area contributed by atoms with E-state index < -0.39 is 17.9 Å². The molecule has 1 aromatic rings. The van der Waals surface area contributed by atoms with Crippen LogP contribution in [0.5, 0.6) is 0 Å². The summed E-state index contributed by atoms with van der Waals surface area (Å²) < 4.78 is 36.1. The number of carbonyl (C=O) groups is 1. The van der Waals surface area contributed by atoms with Gasteiger partial charge in [-0.2, -0.15) is 18.3 Å². The van der Waals surface area contributed by atoms with E-state index in [1.165, 1.54) is 0 Å². The van der Waals surface area contributed by atoms with Gasteiger partial charge in [0.1, 0.15) is 5.69 Å². The number of amides is 2. The predicted molar refractivity (Wildman–Crippen MR) is 40.0 cm³/mol. The first-order valence-corrected chi connectivity index (χ1v) is 3.54. The highest BCUT2D eigenvalue weighted by molar-refractivity contribution is 5.71. The Bertz CT molecular complexity index is 332. The molecule has 0 fully saturated rings. The van der Waals surface area contributed by atoms with Gasteiger partial charge in [0.2, 0.25) is 0 Å². The third-order valence-corrected chi connectivity index (χ3v) is 1.38. The minimum atomic E-state index is -4.46. The number of hydrogen-bond acceptors (Lipinski definition) is 2. The van der Waals surface area contributed by atoms with Crippen LogP contribution in [0.2, 0.25) is 0 Å². The molecule has 1 rings (SSSR count). The van der Waals surface area contributed by atoms with Crippen molar-refractivity contribution in [3.8, 4) is 0 Å². The molecule has 0 atom stereocenters. The number of hydrogen-bond donors (Lipinski definition) is 3. The van der Waals surface area contributed by atoms with E-state index in [1.54, 1.807) is 5.10 Å². The lowest BCUT2D eigenvalue weighted by molar-refractivity contribution is -0.141. The zero-order chi connectivity index (χ0) is 10.8. The minimum Gasteiger partial charge on any atom is -0.352 e. The van der Waals surface area contributed by atoms with E-state index in [-0.39, 0.29) is 12.2 Å². The fourth-order valence-corrected chi connectivity index (χ4v) is 0.777. The number of halogens is 3. The number of rotatable bonds is 2. The van der Waals surface area contributed by atoms with Crippen molar-refractivity contribution in [2.45, 2.75) is 12.7 Å². The number of alkyl halides is 3. The summed E-state index contributed by atoms with van der Waals surface area (Å²) in [5.74, 6) is 0. The van der Waals surface area contributed by atoms with Crippen LogP contribution >= 0.6 is 0 Å². The molecule has 0 radical (unpaired) electrons. The van der Waals surface area contributed by atoms with E-state index in [2.05, 4.69) is 10.4 Å². The first kappa shape index (κ1) is 10.4. The van der Waals surface area contributed by atoms with Crippen LogP contribution < -0.4 is 11.1 Å². The lowest BCUT2D eigenvalue weighted by Crippen LogP contribution is -2.28. The van der Waals surface area contributed by atoms with Crippen molar-refractivity contribution >= 4 is 6.03 Å². The van der Waals surface area contributed by atoms with Crippen LogP contribution in [0.3, 0.4) is 0 Å². The number of nitrogens with zero attached hydrogens (tertiary/aromatic N) is 1. The zero-order valence-corrected chi connectivity index (χ0v) is 6.85. The van der Waals surface area contributed by atoms with Crippen LogP contribution in [0.25, 0.3) is 0 Å². The Hall–Kier alpha value is -1.73. The monoisotopic (exact) mass is 208 g/mol. The summed E-state index contributed by atoms with van der Waals surface area (Å²) in [5, 5.41) is 7.26. The van der Waals surface area contributed by atoms with E-state index >= 15 is 0 Å². The van der Waals surface area contributed by atoms with Gasteiger partial charge >= 0.3 is 12.2 Å². The molecule has 0 saturated heterocycles. The maximum absolute atomic E-state index is 12.0. The Morgan fingerprint density at radius 1 is 1.64 bits per heavy atom. The Morgan fingerprint density at radius 3 is 2.71 bits per heavy atom. The maximum atomic E-state index is 12.0. The van der Waals surface area contributed by atoms with Gasteiger partial charge in [0.25, 0.3) is 0 Å².